The molecule has 0 bridgehead atoms. The Balaban J connectivity index is 1.99. The van der Waals surface area contributed by atoms with Gasteiger partial charge in [0.25, 0.3) is 0 Å². The van der Waals surface area contributed by atoms with Gasteiger partial charge in [-0.15, -0.1) is 0 Å². The summed E-state index contributed by atoms with van der Waals surface area (Å²) in [6, 6.07) is 0. The van der Waals surface area contributed by atoms with E-state index in [1.165, 1.54) is 12.8 Å². The van der Waals surface area contributed by atoms with Crippen LogP contribution in [0.1, 0.15) is 26.7 Å². The van der Waals surface area contributed by atoms with E-state index in [1.54, 1.807) is 0 Å². The molecule has 0 spiro atoms. The lowest BCUT2D eigenvalue weighted by Gasteiger charge is -2.33. The highest BCUT2D eigenvalue weighted by Gasteiger charge is 2.19. The first kappa shape index (κ1) is 17.9. The van der Waals surface area contributed by atoms with Gasteiger partial charge in [-0.2, -0.15) is 0 Å². The van der Waals surface area contributed by atoms with Crippen LogP contribution in [0.15, 0.2) is 0 Å². The van der Waals surface area contributed by atoms with Crippen molar-refractivity contribution in [2.75, 3.05) is 59.7 Å². The van der Waals surface area contributed by atoms with Gasteiger partial charge in [0, 0.05) is 39.5 Å². The second-order valence-corrected chi connectivity index (χ2v) is 5.93. The van der Waals surface area contributed by atoms with E-state index in [2.05, 4.69) is 29.4 Å². The fourth-order valence-electron chi connectivity index (χ4n) is 2.35. The molecular weight excluding hydrogens is 254 g/mol. The SMILES string of the molecule is CNCNCC1CN(CCOCCCC(C)C)CCO1. The van der Waals surface area contributed by atoms with E-state index in [1.807, 2.05) is 7.05 Å². The Labute approximate surface area is 124 Å². The summed E-state index contributed by atoms with van der Waals surface area (Å²) in [5, 5.41) is 6.41. The van der Waals surface area contributed by atoms with Gasteiger partial charge in [-0.05, 0) is 25.8 Å². The van der Waals surface area contributed by atoms with E-state index in [0.717, 1.165) is 58.6 Å². The molecule has 1 aliphatic rings. The summed E-state index contributed by atoms with van der Waals surface area (Å²) in [6.45, 7) is 11.9. The zero-order valence-corrected chi connectivity index (χ0v) is 13.5. The molecule has 0 aliphatic carbocycles. The van der Waals surface area contributed by atoms with Crippen molar-refractivity contribution in [3.8, 4) is 0 Å². The minimum Gasteiger partial charge on any atom is -0.380 e. The number of hydrogen-bond acceptors (Lipinski definition) is 5. The third-order valence-corrected chi connectivity index (χ3v) is 3.52. The smallest absolute Gasteiger partial charge is 0.0827 e. The average molecular weight is 287 g/mol. The first-order valence-electron chi connectivity index (χ1n) is 7.99. The summed E-state index contributed by atoms with van der Waals surface area (Å²) < 4.78 is 11.5. The standard InChI is InChI=1S/C15H33N3O2/c1-14(2)5-4-8-19-9-6-18-7-10-20-15(12-18)11-17-13-16-3/h14-17H,4-13H2,1-3H3. The maximum atomic E-state index is 5.75. The summed E-state index contributed by atoms with van der Waals surface area (Å²) >= 11 is 0. The fourth-order valence-corrected chi connectivity index (χ4v) is 2.35. The Morgan fingerprint density at radius 2 is 2.20 bits per heavy atom. The van der Waals surface area contributed by atoms with E-state index in [0.29, 0.717) is 6.10 Å². The van der Waals surface area contributed by atoms with Crippen LogP contribution in [0.2, 0.25) is 0 Å². The summed E-state index contributed by atoms with van der Waals surface area (Å²) in [5.74, 6) is 0.781. The highest BCUT2D eigenvalue weighted by atomic mass is 16.5. The van der Waals surface area contributed by atoms with E-state index >= 15 is 0 Å². The molecule has 1 atom stereocenters. The minimum absolute atomic E-state index is 0.304. The van der Waals surface area contributed by atoms with Crippen LogP contribution in [0, 0.1) is 5.92 Å². The summed E-state index contributed by atoms with van der Waals surface area (Å²) in [5.41, 5.74) is 0. The number of hydrogen-bond donors (Lipinski definition) is 2. The van der Waals surface area contributed by atoms with Gasteiger partial charge in [0.05, 0.1) is 19.3 Å². The van der Waals surface area contributed by atoms with Gasteiger partial charge in [-0.3, -0.25) is 4.90 Å². The zero-order chi connectivity index (χ0) is 14.6. The molecule has 0 radical (unpaired) electrons. The number of nitrogens with one attached hydrogen (secondary N) is 2. The highest BCUT2D eigenvalue weighted by molar-refractivity contribution is 4.73. The van der Waals surface area contributed by atoms with Crippen LogP contribution >= 0.6 is 0 Å². The number of ether oxygens (including phenoxy) is 2. The zero-order valence-electron chi connectivity index (χ0n) is 13.5. The summed E-state index contributed by atoms with van der Waals surface area (Å²) in [4.78, 5) is 2.44. The van der Waals surface area contributed by atoms with Crippen LogP contribution in [0.4, 0.5) is 0 Å². The number of morpholine rings is 1. The van der Waals surface area contributed by atoms with Crippen molar-refractivity contribution in [1.29, 1.82) is 0 Å². The number of nitrogens with zero attached hydrogens (tertiary/aromatic N) is 1. The van der Waals surface area contributed by atoms with Gasteiger partial charge >= 0.3 is 0 Å². The third-order valence-electron chi connectivity index (χ3n) is 3.52. The molecule has 20 heavy (non-hydrogen) atoms. The molecule has 1 unspecified atom stereocenters. The quantitative estimate of drug-likeness (QED) is 0.437. The van der Waals surface area contributed by atoms with Crippen molar-refractivity contribution in [2.45, 2.75) is 32.8 Å². The molecule has 1 heterocycles. The van der Waals surface area contributed by atoms with Crippen LogP contribution in [-0.2, 0) is 9.47 Å². The first-order valence-corrected chi connectivity index (χ1v) is 7.99. The molecule has 0 aromatic carbocycles. The van der Waals surface area contributed by atoms with Crippen LogP contribution in [0.3, 0.4) is 0 Å². The van der Waals surface area contributed by atoms with E-state index in [9.17, 15) is 0 Å². The van der Waals surface area contributed by atoms with Crippen LogP contribution in [0.25, 0.3) is 0 Å². The average Bonchev–Trinajstić information content (AvgIpc) is 2.43. The monoisotopic (exact) mass is 287 g/mol. The van der Waals surface area contributed by atoms with Crippen LogP contribution in [-0.4, -0.2) is 70.7 Å². The van der Waals surface area contributed by atoms with Gasteiger partial charge in [0.1, 0.15) is 0 Å². The predicted molar refractivity (Wildman–Crippen MR) is 83.0 cm³/mol. The van der Waals surface area contributed by atoms with E-state index < -0.39 is 0 Å². The van der Waals surface area contributed by atoms with Gasteiger partial charge in [0.15, 0.2) is 0 Å². The third kappa shape index (κ3) is 8.87. The Morgan fingerprint density at radius 3 is 2.95 bits per heavy atom. The minimum atomic E-state index is 0.304. The Kier molecular flexibility index (Phi) is 10.2. The molecule has 5 heteroatoms. The molecule has 120 valence electrons. The Bertz CT molecular complexity index is 227. The van der Waals surface area contributed by atoms with E-state index in [-0.39, 0.29) is 0 Å². The van der Waals surface area contributed by atoms with Crippen molar-refractivity contribution < 1.29 is 9.47 Å². The predicted octanol–water partition coefficient (Wildman–Crippen LogP) is 0.907. The maximum Gasteiger partial charge on any atom is 0.0827 e. The van der Waals surface area contributed by atoms with Crippen LogP contribution < -0.4 is 10.6 Å². The van der Waals surface area contributed by atoms with E-state index in [4.69, 9.17) is 9.47 Å². The molecule has 0 aromatic rings. The lowest BCUT2D eigenvalue weighted by atomic mass is 10.1. The Morgan fingerprint density at radius 1 is 1.35 bits per heavy atom. The summed E-state index contributed by atoms with van der Waals surface area (Å²) in [7, 11) is 1.94. The molecule has 5 nitrogen and oxygen atoms in total. The highest BCUT2D eigenvalue weighted by Crippen LogP contribution is 2.05. The second kappa shape index (κ2) is 11.5. The summed E-state index contributed by atoms with van der Waals surface area (Å²) in [6.07, 6.45) is 2.74. The number of rotatable bonds is 11. The molecule has 0 aromatic heterocycles. The largest absolute Gasteiger partial charge is 0.380 e. The van der Waals surface area contributed by atoms with Crippen molar-refractivity contribution in [3.05, 3.63) is 0 Å². The first-order chi connectivity index (χ1) is 9.72. The van der Waals surface area contributed by atoms with Gasteiger partial charge in [-0.1, -0.05) is 13.8 Å². The lowest BCUT2D eigenvalue weighted by Crippen LogP contribution is -2.48. The van der Waals surface area contributed by atoms with Gasteiger partial charge in [-0.25, -0.2) is 0 Å². The van der Waals surface area contributed by atoms with Crippen molar-refractivity contribution in [3.63, 3.8) is 0 Å². The van der Waals surface area contributed by atoms with Crippen molar-refractivity contribution >= 4 is 0 Å². The lowest BCUT2D eigenvalue weighted by molar-refractivity contribution is -0.0350. The van der Waals surface area contributed by atoms with Crippen molar-refractivity contribution in [2.24, 2.45) is 5.92 Å². The van der Waals surface area contributed by atoms with Crippen LogP contribution in [0.5, 0.6) is 0 Å². The fraction of sp³-hybridized carbons (Fsp3) is 1.00. The molecule has 0 amide bonds. The topological polar surface area (TPSA) is 45.8 Å². The molecule has 1 aliphatic heterocycles. The Hall–Kier alpha value is -0.200. The molecular formula is C15H33N3O2. The normalized spacial score (nSPS) is 20.7. The molecule has 1 rings (SSSR count). The maximum absolute atomic E-state index is 5.75. The molecule has 1 fully saturated rings. The second-order valence-electron chi connectivity index (χ2n) is 5.93. The van der Waals surface area contributed by atoms with Gasteiger partial charge in [0.2, 0.25) is 0 Å². The van der Waals surface area contributed by atoms with Gasteiger partial charge < -0.3 is 20.1 Å². The molecule has 0 saturated carbocycles. The van der Waals surface area contributed by atoms with Crippen molar-refractivity contribution in [1.82, 2.24) is 15.5 Å². The molecule has 1 saturated heterocycles. The molecule has 2 N–H and O–H groups in total.